The normalized spacial score (nSPS) is 10.2. The summed E-state index contributed by atoms with van der Waals surface area (Å²) < 4.78 is 0. The van der Waals surface area contributed by atoms with Crippen LogP contribution in [0, 0.1) is 0 Å². The van der Waals surface area contributed by atoms with Crippen LogP contribution >= 0.6 is 0 Å². The second-order valence-corrected chi connectivity index (χ2v) is 1.63. The van der Waals surface area contributed by atoms with Gasteiger partial charge in [-0.2, -0.15) is 0 Å². The quantitative estimate of drug-likeness (QED) is 0.510. The smallest absolute Gasteiger partial charge is 0.155 e. The molecule has 0 heterocycles. The molecular formula is C7H12O. The lowest BCUT2D eigenvalue weighted by Crippen LogP contribution is -1.85. The van der Waals surface area contributed by atoms with Crippen molar-refractivity contribution >= 4 is 5.78 Å². The maximum atomic E-state index is 10.5. The SMILES string of the molecule is CC/C=C/C(=O)CC. The summed E-state index contributed by atoms with van der Waals surface area (Å²) in [6, 6.07) is 0. The Morgan fingerprint density at radius 1 is 1.50 bits per heavy atom. The van der Waals surface area contributed by atoms with E-state index < -0.39 is 0 Å². The van der Waals surface area contributed by atoms with Gasteiger partial charge in [-0.25, -0.2) is 0 Å². The molecule has 0 unspecified atom stereocenters. The molecule has 46 valence electrons. The van der Waals surface area contributed by atoms with Gasteiger partial charge in [-0.3, -0.25) is 4.79 Å². The molecule has 0 aliphatic heterocycles. The van der Waals surface area contributed by atoms with Crippen molar-refractivity contribution in [2.75, 3.05) is 0 Å². The van der Waals surface area contributed by atoms with E-state index in [1.54, 1.807) is 6.08 Å². The highest BCUT2D eigenvalue weighted by Crippen LogP contribution is 1.84. The summed E-state index contributed by atoms with van der Waals surface area (Å²) in [6.07, 6.45) is 5.09. The molecule has 1 heteroatoms. The molecule has 0 aromatic carbocycles. The number of hydrogen-bond acceptors (Lipinski definition) is 1. The molecule has 0 fully saturated rings. The summed E-state index contributed by atoms with van der Waals surface area (Å²) in [5.74, 6) is 0.215. The lowest BCUT2D eigenvalue weighted by atomic mass is 10.3. The lowest BCUT2D eigenvalue weighted by molar-refractivity contribution is -0.114. The number of ketones is 1. The molecule has 0 saturated carbocycles. The lowest BCUT2D eigenvalue weighted by Gasteiger charge is -1.80. The Morgan fingerprint density at radius 3 is 2.50 bits per heavy atom. The molecule has 1 nitrogen and oxygen atoms in total. The highest BCUT2D eigenvalue weighted by molar-refractivity contribution is 5.89. The van der Waals surface area contributed by atoms with Gasteiger partial charge in [0.15, 0.2) is 5.78 Å². The van der Waals surface area contributed by atoms with Crippen LogP contribution < -0.4 is 0 Å². The molecular weight excluding hydrogens is 100 g/mol. The van der Waals surface area contributed by atoms with E-state index in [0.717, 1.165) is 6.42 Å². The van der Waals surface area contributed by atoms with E-state index in [1.165, 1.54) is 0 Å². The number of hydrogen-bond donors (Lipinski definition) is 0. The zero-order chi connectivity index (χ0) is 6.41. The third-order valence-electron chi connectivity index (χ3n) is 0.888. The van der Waals surface area contributed by atoms with Crippen LogP contribution in [0.5, 0.6) is 0 Å². The number of rotatable bonds is 3. The molecule has 0 aliphatic rings. The van der Waals surface area contributed by atoms with E-state index >= 15 is 0 Å². The first-order valence-corrected chi connectivity index (χ1v) is 3.00. The first kappa shape index (κ1) is 7.41. The Morgan fingerprint density at radius 2 is 2.12 bits per heavy atom. The highest BCUT2D eigenvalue weighted by atomic mass is 16.1. The Labute approximate surface area is 50.4 Å². The number of carbonyl (C=O) groups excluding carboxylic acids is 1. The standard InChI is InChI=1S/C7H12O/c1-3-5-6-7(8)4-2/h5-6H,3-4H2,1-2H3/b6-5+. The Hall–Kier alpha value is -0.590. The molecule has 0 atom stereocenters. The first-order valence-electron chi connectivity index (χ1n) is 3.00. The molecule has 0 saturated heterocycles. The average Bonchev–Trinajstić information content (AvgIpc) is 1.83. The van der Waals surface area contributed by atoms with Crippen molar-refractivity contribution < 1.29 is 4.79 Å². The van der Waals surface area contributed by atoms with Crippen molar-refractivity contribution in [2.24, 2.45) is 0 Å². The topological polar surface area (TPSA) is 17.1 Å². The van der Waals surface area contributed by atoms with Crippen LogP contribution in [0.3, 0.4) is 0 Å². The fourth-order valence-corrected chi connectivity index (χ4v) is 0.367. The Balaban J connectivity index is 3.37. The first-order chi connectivity index (χ1) is 3.81. The number of carbonyl (C=O) groups is 1. The summed E-state index contributed by atoms with van der Waals surface area (Å²) in [6.45, 7) is 3.88. The zero-order valence-corrected chi connectivity index (χ0v) is 5.48. The minimum atomic E-state index is 0.215. The molecule has 0 N–H and O–H groups in total. The van der Waals surface area contributed by atoms with Crippen LogP contribution in [-0.4, -0.2) is 5.78 Å². The zero-order valence-electron chi connectivity index (χ0n) is 5.48. The van der Waals surface area contributed by atoms with Gasteiger partial charge in [0, 0.05) is 6.42 Å². The van der Waals surface area contributed by atoms with Gasteiger partial charge < -0.3 is 0 Å². The molecule has 0 rings (SSSR count). The van der Waals surface area contributed by atoms with E-state index in [-0.39, 0.29) is 5.78 Å². The maximum Gasteiger partial charge on any atom is 0.155 e. The Kier molecular flexibility index (Phi) is 4.23. The van der Waals surface area contributed by atoms with Crippen LogP contribution in [0.2, 0.25) is 0 Å². The van der Waals surface area contributed by atoms with E-state index in [2.05, 4.69) is 0 Å². The van der Waals surface area contributed by atoms with E-state index in [1.807, 2.05) is 19.9 Å². The van der Waals surface area contributed by atoms with Gasteiger partial charge in [0.1, 0.15) is 0 Å². The van der Waals surface area contributed by atoms with Gasteiger partial charge >= 0.3 is 0 Å². The summed E-state index contributed by atoms with van der Waals surface area (Å²) in [7, 11) is 0. The van der Waals surface area contributed by atoms with Gasteiger partial charge in [-0.15, -0.1) is 0 Å². The van der Waals surface area contributed by atoms with E-state index in [4.69, 9.17) is 0 Å². The van der Waals surface area contributed by atoms with Crippen molar-refractivity contribution in [1.82, 2.24) is 0 Å². The summed E-state index contributed by atoms with van der Waals surface area (Å²) in [5, 5.41) is 0. The van der Waals surface area contributed by atoms with Crippen LogP contribution in [0.1, 0.15) is 26.7 Å². The summed E-state index contributed by atoms with van der Waals surface area (Å²) in [5.41, 5.74) is 0. The minimum Gasteiger partial charge on any atom is -0.295 e. The predicted octanol–water partition coefficient (Wildman–Crippen LogP) is 1.93. The van der Waals surface area contributed by atoms with Crippen LogP contribution in [0.25, 0.3) is 0 Å². The molecule has 0 spiro atoms. The molecule has 0 aromatic rings. The van der Waals surface area contributed by atoms with E-state index in [9.17, 15) is 4.79 Å². The van der Waals surface area contributed by atoms with Crippen LogP contribution in [-0.2, 0) is 4.79 Å². The molecule has 8 heavy (non-hydrogen) atoms. The van der Waals surface area contributed by atoms with Gasteiger partial charge in [-0.05, 0) is 12.5 Å². The number of allylic oxidation sites excluding steroid dienone is 2. The second kappa shape index (κ2) is 4.57. The molecule has 0 aliphatic carbocycles. The van der Waals surface area contributed by atoms with Crippen molar-refractivity contribution in [3.05, 3.63) is 12.2 Å². The van der Waals surface area contributed by atoms with Gasteiger partial charge in [0.05, 0.1) is 0 Å². The third-order valence-corrected chi connectivity index (χ3v) is 0.888. The predicted molar refractivity (Wildman–Crippen MR) is 34.7 cm³/mol. The van der Waals surface area contributed by atoms with Gasteiger partial charge in [0.25, 0.3) is 0 Å². The average molecular weight is 112 g/mol. The van der Waals surface area contributed by atoms with E-state index in [0.29, 0.717) is 6.42 Å². The molecule has 0 radical (unpaired) electrons. The van der Waals surface area contributed by atoms with Gasteiger partial charge in [0.2, 0.25) is 0 Å². The van der Waals surface area contributed by atoms with Crippen molar-refractivity contribution in [2.45, 2.75) is 26.7 Å². The Bertz CT molecular complexity index is 92.6. The minimum absolute atomic E-state index is 0.215. The van der Waals surface area contributed by atoms with Crippen molar-refractivity contribution in [1.29, 1.82) is 0 Å². The van der Waals surface area contributed by atoms with Gasteiger partial charge in [-0.1, -0.05) is 19.9 Å². The fraction of sp³-hybridized carbons (Fsp3) is 0.571. The highest BCUT2D eigenvalue weighted by Gasteiger charge is 1.85. The van der Waals surface area contributed by atoms with Crippen molar-refractivity contribution in [3.63, 3.8) is 0 Å². The fourth-order valence-electron chi connectivity index (χ4n) is 0.367. The van der Waals surface area contributed by atoms with Crippen LogP contribution in [0.4, 0.5) is 0 Å². The largest absolute Gasteiger partial charge is 0.295 e. The molecule has 0 bridgehead atoms. The maximum absolute atomic E-state index is 10.5. The van der Waals surface area contributed by atoms with Crippen molar-refractivity contribution in [3.8, 4) is 0 Å². The monoisotopic (exact) mass is 112 g/mol. The third kappa shape index (κ3) is 3.59. The molecule has 0 amide bonds. The second-order valence-electron chi connectivity index (χ2n) is 1.63. The van der Waals surface area contributed by atoms with Crippen LogP contribution in [0.15, 0.2) is 12.2 Å². The summed E-state index contributed by atoms with van der Waals surface area (Å²) >= 11 is 0. The summed E-state index contributed by atoms with van der Waals surface area (Å²) in [4.78, 5) is 10.5. The molecule has 0 aromatic heterocycles.